The highest BCUT2D eigenvalue weighted by Crippen LogP contribution is 2.04. The molecule has 0 heterocycles. The summed E-state index contributed by atoms with van der Waals surface area (Å²) in [5, 5.41) is 0. The lowest BCUT2D eigenvalue weighted by Gasteiger charge is -2.00. The van der Waals surface area contributed by atoms with Crippen LogP contribution in [0.2, 0.25) is 0 Å². The van der Waals surface area contributed by atoms with Crippen molar-refractivity contribution in [1.82, 2.24) is 0 Å². The molecule has 0 aromatic heterocycles. The van der Waals surface area contributed by atoms with E-state index >= 15 is 0 Å². The lowest BCUT2D eigenvalue weighted by atomic mass is 10.1. The van der Waals surface area contributed by atoms with Gasteiger partial charge >= 0.3 is 0 Å². The maximum Gasteiger partial charge on any atom is 0.151 e. The minimum Gasteiger partial charge on any atom is -0.298 e. The third-order valence-corrected chi connectivity index (χ3v) is 2.01. The van der Waals surface area contributed by atoms with Crippen LogP contribution in [0.15, 0.2) is 29.3 Å². The van der Waals surface area contributed by atoms with Gasteiger partial charge in [0.05, 0.1) is 6.54 Å². The van der Waals surface area contributed by atoms with Crippen molar-refractivity contribution < 1.29 is 4.79 Å². The Morgan fingerprint density at radius 2 is 1.79 bits per heavy atom. The van der Waals surface area contributed by atoms with Crippen LogP contribution in [0, 0.1) is 6.92 Å². The van der Waals surface area contributed by atoms with Gasteiger partial charge in [-0.25, -0.2) is 0 Å². The van der Waals surface area contributed by atoms with Gasteiger partial charge in [0, 0.05) is 5.71 Å². The smallest absolute Gasteiger partial charge is 0.151 e. The molecule has 2 heteroatoms. The van der Waals surface area contributed by atoms with E-state index < -0.39 is 0 Å². The van der Waals surface area contributed by atoms with Gasteiger partial charge in [-0.05, 0) is 26.3 Å². The molecule has 0 unspecified atom stereocenters. The van der Waals surface area contributed by atoms with Crippen LogP contribution in [0.5, 0.6) is 0 Å². The Bertz CT molecular complexity index is 349. The molecule has 2 nitrogen and oxygen atoms in total. The molecule has 0 atom stereocenters. The van der Waals surface area contributed by atoms with E-state index in [2.05, 4.69) is 4.99 Å². The molecular formula is C12H15NO. The second-order valence-corrected chi connectivity index (χ2v) is 3.47. The molecule has 0 bridgehead atoms. The van der Waals surface area contributed by atoms with Crippen LogP contribution < -0.4 is 0 Å². The SMILES string of the molecule is CC(=O)CN=C(C)c1ccc(C)cc1. The number of nitrogens with zero attached hydrogens (tertiary/aromatic N) is 1. The molecule has 74 valence electrons. The Labute approximate surface area is 84.7 Å². The minimum absolute atomic E-state index is 0.0939. The molecule has 0 N–H and O–H groups in total. The predicted octanol–water partition coefficient (Wildman–Crippen LogP) is 2.39. The number of hydrogen-bond acceptors (Lipinski definition) is 2. The minimum atomic E-state index is 0.0939. The quantitative estimate of drug-likeness (QED) is 0.671. The normalized spacial score (nSPS) is 11.5. The van der Waals surface area contributed by atoms with Crippen LogP contribution in [0.25, 0.3) is 0 Å². The molecule has 1 aromatic rings. The van der Waals surface area contributed by atoms with E-state index in [1.165, 1.54) is 5.56 Å². The Morgan fingerprint density at radius 1 is 1.21 bits per heavy atom. The Morgan fingerprint density at radius 3 is 2.29 bits per heavy atom. The summed E-state index contributed by atoms with van der Waals surface area (Å²) < 4.78 is 0. The van der Waals surface area contributed by atoms with Crippen molar-refractivity contribution in [3.05, 3.63) is 35.4 Å². The maximum atomic E-state index is 10.7. The van der Waals surface area contributed by atoms with Gasteiger partial charge in [-0.1, -0.05) is 29.8 Å². The number of aryl methyl sites for hydroxylation is 1. The van der Waals surface area contributed by atoms with Crippen molar-refractivity contribution in [2.24, 2.45) is 4.99 Å². The monoisotopic (exact) mass is 189 g/mol. The number of rotatable bonds is 3. The summed E-state index contributed by atoms with van der Waals surface area (Å²) in [4.78, 5) is 14.9. The van der Waals surface area contributed by atoms with Crippen LogP contribution >= 0.6 is 0 Å². The Kier molecular flexibility index (Phi) is 3.57. The topological polar surface area (TPSA) is 29.4 Å². The van der Waals surface area contributed by atoms with Gasteiger partial charge in [0.15, 0.2) is 5.78 Å². The third kappa shape index (κ3) is 3.13. The highest BCUT2D eigenvalue weighted by atomic mass is 16.1. The fourth-order valence-corrected chi connectivity index (χ4v) is 1.12. The van der Waals surface area contributed by atoms with E-state index in [-0.39, 0.29) is 12.3 Å². The molecule has 0 fully saturated rings. The zero-order chi connectivity index (χ0) is 10.6. The molecule has 0 aliphatic heterocycles. The number of hydrogen-bond donors (Lipinski definition) is 0. The molecular weight excluding hydrogens is 174 g/mol. The van der Waals surface area contributed by atoms with Crippen molar-refractivity contribution in [2.45, 2.75) is 20.8 Å². The number of Topliss-reactive ketones (excluding diaryl/α,β-unsaturated/α-hetero) is 1. The number of aliphatic imine (C=N–C) groups is 1. The summed E-state index contributed by atoms with van der Waals surface area (Å²) in [5.41, 5.74) is 3.23. The molecule has 1 rings (SSSR count). The zero-order valence-electron chi connectivity index (χ0n) is 8.87. The van der Waals surface area contributed by atoms with Gasteiger partial charge < -0.3 is 0 Å². The van der Waals surface area contributed by atoms with E-state index in [1.807, 2.05) is 38.1 Å². The van der Waals surface area contributed by atoms with Crippen LogP contribution in [-0.2, 0) is 4.79 Å². The van der Waals surface area contributed by atoms with Gasteiger partial charge in [-0.15, -0.1) is 0 Å². The van der Waals surface area contributed by atoms with Crippen molar-refractivity contribution in [2.75, 3.05) is 6.54 Å². The first-order valence-corrected chi connectivity index (χ1v) is 4.67. The van der Waals surface area contributed by atoms with E-state index in [0.717, 1.165) is 11.3 Å². The fraction of sp³-hybridized carbons (Fsp3) is 0.333. The second-order valence-electron chi connectivity index (χ2n) is 3.47. The number of benzene rings is 1. The van der Waals surface area contributed by atoms with E-state index in [1.54, 1.807) is 6.92 Å². The highest BCUT2D eigenvalue weighted by Gasteiger charge is 1.96. The van der Waals surface area contributed by atoms with Gasteiger partial charge in [0.2, 0.25) is 0 Å². The molecule has 1 aromatic carbocycles. The van der Waals surface area contributed by atoms with Gasteiger partial charge in [0.1, 0.15) is 0 Å². The first-order chi connectivity index (χ1) is 6.59. The summed E-state index contributed by atoms with van der Waals surface area (Å²) in [6, 6.07) is 8.13. The Hall–Kier alpha value is -1.44. The highest BCUT2D eigenvalue weighted by molar-refractivity contribution is 5.99. The third-order valence-electron chi connectivity index (χ3n) is 2.01. The molecule has 0 aliphatic rings. The summed E-state index contributed by atoms with van der Waals surface area (Å²) in [6.07, 6.45) is 0. The van der Waals surface area contributed by atoms with Crippen molar-refractivity contribution in [1.29, 1.82) is 0 Å². The predicted molar refractivity (Wildman–Crippen MR) is 58.9 cm³/mol. The molecule has 0 spiro atoms. The number of ketones is 1. The summed E-state index contributed by atoms with van der Waals surface area (Å²) in [7, 11) is 0. The molecule has 14 heavy (non-hydrogen) atoms. The van der Waals surface area contributed by atoms with Crippen molar-refractivity contribution >= 4 is 11.5 Å². The van der Waals surface area contributed by atoms with Crippen LogP contribution in [0.4, 0.5) is 0 Å². The molecule has 0 amide bonds. The van der Waals surface area contributed by atoms with Gasteiger partial charge in [-0.3, -0.25) is 9.79 Å². The number of carbonyl (C=O) groups excluding carboxylic acids is 1. The largest absolute Gasteiger partial charge is 0.298 e. The Balaban J connectivity index is 2.78. The fourth-order valence-electron chi connectivity index (χ4n) is 1.12. The van der Waals surface area contributed by atoms with E-state index in [9.17, 15) is 4.79 Å². The zero-order valence-corrected chi connectivity index (χ0v) is 8.87. The molecule has 0 aliphatic carbocycles. The van der Waals surface area contributed by atoms with Crippen LogP contribution in [0.1, 0.15) is 25.0 Å². The summed E-state index contributed by atoms with van der Waals surface area (Å²) >= 11 is 0. The summed E-state index contributed by atoms with van der Waals surface area (Å²) in [6.45, 7) is 5.80. The second kappa shape index (κ2) is 4.70. The average Bonchev–Trinajstić information content (AvgIpc) is 2.15. The van der Waals surface area contributed by atoms with Gasteiger partial charge in [-0.2, -0.15) is 0 Å². The van der Waals surface area contributed by atoms with Crippen molar-refractivity contribution in [3.63, 3.8) is 0 Å². The first kappa shape index (κ1) is 10.6. The lowest BCUT2D eigenvalue weighted by molar-refractivity contribution is -0.115. The lowest BCUT2D eigenvalue weighted by Crippen LogP contribution is -2.01. The number of carbonyl (C=O) groups is 1. The van der Waals surface area contributed by atoms with E-state index in [0.29, 0.717) is 0 Å². The van der Waals surface area contributed by atoms with Gasteiger partial charge in [0.25, 0.3) is 0 Å². The maximum absolute atomic E-state index is 10.7. The van der Waals surface area contributed by atoms with Crippen molar-refractivity contribution in [3.8, 4) is 0 Å². The summed E-state index contributed by atoms with van der Waals surface area (Å²) in [5.74, 6) is 0.0939. The first-order valence-electron chi connectivity index (χ1n) is 4.67. The average molecular weight is 189 g/mol. The molecule has 0 radical (unpaired) electrons. The molecule has 0 saturated carbocycles. The molecule has 0 saturated heterocycles. The standard InChI is InChI=1S/C12H15NO/c1-9-4-6-12(7-5-9)11(3)13-8-10(2)14/h4-7H,8H2,1-3H3. The van der Waals surface area contributed by atoms with Crippen LogP contribution in [0.3, 0.4) is 0 Å². The van der Waals surface area contributed by atoms with E-state index in [4.69, 9.17) is 0 Å². The van der Waals surface area contributed by atoms with Crippen LogP contribution in [-0.4, -0.2) is 18.0 Å².